The Hall–Kier alpha value is -3.23. The summed E-state index contributed by atoms with van der Waals surface area (Å²) in [6.07, 6.45) is 1.20. The summed E-state index contributed by atoms with van der Waals surface area (Å²) in [5.74, 6) is -0.639. The predicted octanol–water partition coefficient (Wildman–Crippen LogP) is 3.11. The van der Waals surface area contributed by atoms with E-state index < -0.39 is 27.9 Å². The van der Waals surface area contributed by atoms with Crippen molar-refractivity contribution >= 4 is 27.5 Å². The van der Waals surface area contributed by atoms with Gasteiger partial charge in [-0.2, -0.15) is 4.31 Å². The van der Waals surface area contributed by atoms with Crippen LogP contribution in [0.1, 0.15) is 17.7 Å². The molecule has 0 radical (unpaired) electrons. The van der Waals surface area contributed by atoms with Gasteiger partial charge >= 0.3 is 0 Å². The summed E-state index contributed by atoms with van der Waals surface area (Å²) >= 11 is 0. The van der Waals surface area contributed by atoms with E-state index in [0.29, 0.717) is 11.4 Å². The monoisotopic (exact) mass is 424 g/mol. The van der Waals surface area contributed by atoms with Gasteiger partial charge in [0.25, 0.3) is 5.91 Å². The summed E-state index contributed by atoms with van der Waals surface area (Å²) in [5.41, 5.74) is 1.41. The first kappa shape index (κ1) is 20.1. The highest BCUT2D eigenvalue weighted by molar-refractivity contribution is 7.89. The van der Waals surface area contributed by atoms with Crippen LogP contribution >= 0.6 is 0 Å². The van der Waals surface area contributed by atoms with Crippen molar-refractivity contribution in [1.29, 1.82) is 0 Å². The van der Waals surface area contributed by atoms with Crippen molar-refractivity contribution in [2.75, 3.05) is 4.90 Å². The zero-order valence-electron chi connectivity index (χ0n) is 16.3. The third kappa shape index (κ3) is 3.67. The highest BCUT2D eigenvalue weighted by Crippen LogP contribution is 2.30. The van der Waals surface area contributed by atoms with Gasteiger partial charge in [0.2, 0.25) is 15.9 Å². The number of furan rings is 1. The Labute approximate surface area is 174 Å². The zero-order valence-corrected chi connectivity index (χ0v) is 17.1. The molecule has 0 spiro atoms. The van der Waals surface area contributed by atoms with Crippen LogP contribution < -0.4 is 4.90 Å². The maximum Gasteiger partial charge on any atom is 0.252 e. The van der Waals surface area contributed by atoms with Gasteiger partial charge in [-0.3, -0.25) is 9.59 Å². The second kappa shape index (κ2) is 7.89. The van der Waals surface area contributed by atoms with E-state index in [-0.39, 0.29) is 17.9 Å². The van der Waals surface area contributed by atoms with Crippen LogP contribution in [-0.2, 0) is 26.2 Å². The van der Waals surface area contributed by atoms with Crippen molar-refractivity contribution in [3.8, 4) is 0 Å². The minimum Gasteiger partial charge on any atom is -0.468 e. The number of sulfonamides is 1. The maximum absolute atomic E-state index is 13.4. The molecule has 7 nitrogen and oxygen atoms in total. The van der Waals surface area contributed by atoms with Gasteiger partial charge in [0.05, 0.1) is 29.8 Å². The van der Waals surface area contributed by atoms with Gasteiger partial charge in [0.1, 0.15) is 11.8 Å². The number of carbonyl (C=O) groups is 2. The number of anilines is 1. The fraction of sp³-hybridized carbons (Fsp3) is 0.182. The van der Waals surface area contributed by atoms with Crippen molar-refractivity contribution in [2.45, 2.75) is 30.8 Å². The van der Waals surface area contributed by atoms with Gasteiger partial charge in [-0.25, -0.2) is 13.3 Å². The Morgan fingerprint density at radius 1 is 1.00 bits per heavy atom. The van der Waals surface area contributed by atoms with Crippen LogP contribution in [0.2, 0.25) is 0 Å². The lowest BCUT2D eigenvalue weighted by Crippen LogP contribution is -2.45. The number of hydrogen-bond donors (Lipinski definition) is 0. The molecule has 3 aromatic rings. The molecular weight excluding hydrogens is 404 g/mol. The van der Waals surface area contributed by atoms with Gasteiger partial charge in [-0.15, -0.1) is 0 Å². The summed E-state index contributed by atoms with van der Waals surface area (Å²) in [7, 11) is -4.06. The summed E-state index contributed by atoms with van der Waals surface area (Å²) in [6.45, 7) is 1.74. The van der Waals surface area contributed by atoms with E-state index in [1.807, 2.05) is 6.92 Å². The summed E-state index contributed by atoms with van der Waals surface area (Å²) in [4.78, 5) is 27.0. The van der Waals surface area contributed by atoms with E-state index in [0.717, 1.165) is 14.8 Å². The van der Waals surface area contributed by atoms with Crippen LogP contribution in [0.4, 0.5) is 5.69 Å². The Morgan fingerprint density at radius 3 is 2.33 bits per heavy atom. The van der Waals surface area contributed by atoms with Crippen molar-refractivity contribution in [3.05, 3.63) is 84.3 Å². The van der Waals surface area contributed by atoms with Crippen LogP contribution in [-0.4, -0.2) is 30.6 Å². The largest absolute Gasteiger partial charge is 0.468 e. The van der Waals surface area contributed by atoms with Gasteiger partial charge < -0.3 is 4.42 Å². The smallest absolute Gasteiger partial charge is 0.252 e. The molecule has 154 valence electrons. The second-order valence-electron chi connectivity index (χ2n) is 7.07. The number of carbonyl (C=O) groups excluding carboxylic acids is 2. The number of aryl methyl sites for hydroxylation is 1. The molecule has 2 aromatic carbocycles. The summed E-state index contributed by atoms with van der Waals surface area (Å²) in [6, 6.07) is 16.9. The van der Waals surface area contributed by atoms with E-state index in [2.05, 4.69) is 0 Å². The van der Waals surface area contributed by atoms with Gasteiger partial charge in [0.15, 0.2) is 0 Å². The molecule has 0 saturated carbocycles. The first-order valence-electron chi connectivity index (χ1n) is 9.40. The van der Waals surface area contributed by atoms with Crippen LogP contribution in [0.5, 0.6) is 0 Å². The number of amides is 2. The Bertz CT molecular complexity index is 1160. The van der Waals surface area contributed by atoms with Crippen LogP contribution in [0, 0.1) is 6.92 Å². The van der Waals surface area contributed by atoms with Gasteiger partial charge in [0, 0.05) is 0 Å². The van der Waals surface area contributed by atoms with Crippen molar-refractivity contribution in [1.82, 2.24) is 4.31 Å². The fourth-order valence-electron chi connectivity index (χ4n) is 3.45. The molecule has 0 bridgehead atoms. The molecule has 0 N–H and O–H groups in total. The molecule has 1 fully saturated rings. The Kier molecular flexibility index (Phi) is 5.27. The molecule has 2 heterocycles. The third-order valence-corrected chi connectivity index (χ3v) is 6.87. The molecule has 30 heavy (non-hydrogen) atoms. The number of benzene rings is 2. The quantitative estimate of drug-likeness (QED) is 0.568. The number of imide groups is 1. The highest BCUT2D eigenvalue weighted by atomic mass is 32.2. The first-order chi connectivity index (χ1) is 14.4. The Balaban J connectivity index is 1.73. The molecule has 1 unspecified atom stereocenters. The fourth-order valence-corrected chi connectivity index (χ4v) is 5.02. The number of nitrogens with zero attached hydrogens (tertiary/aromatic N) is 2. The van der Waals surface area contributed by atoms with E-state index in [9.17, 15) is 18.0 Å². The van der Waals surface area contributed by atoms with Crippen molar-refractivity contribution < 1.29 is 22.4 Å². The average molecular weight is 424 g/mol. The molecule has 0 aliphatic carbocycles. The molecule has 1 saturated heterocycles. The summed E-state index contributed by atoms with van der Waals surface area (Å²) < 4.78 is 33.2. The van der Waals surface area contributed by atoms with Gasteiger partial charge in [-0.05, 0) is 43.3 Å². The van der Waals surface area contributed by atoms with E-state index in [1.165, 1.54) is 18.4 Å². The molecule has 1 aromatic heterocycles. The lowest BCUT2D eigenvalue weighted by molar-refractivity contribution is -0.122. The van der Waals surface area contributed by atoms with Crippen molar-refractivity contribution in [3.63, 3.8) is 0 Å². The Morgan fingerprint density at radius 2 is 1.70 bits per heavy atom. The summed E-state index contributed by atoms with van der Waals surface area (Å²) in [5, 5.41) is 0. The first-order valence-corrected chi connectivity index (χ1v) is 10.8. The minimum absolute atomic E-state index is 0.0468. The normalized spacial score (nSPS) is 17.1. The highest BCUT2D eigenvalue weighted by Gasteiger charge is 2.47. The lowest BCUT2D eigenvalue weighted by atomic mass is 10.2. The zero-order chi connectivity index (χ0) is 21.3. The topological polar surface area (TPSA) is 87.9 Å². The van der Waals surface area contributed by atoms with Crippen molar-refractivity contribution in [2.24, 2.45) is 0 Å². The van der Waals surface area contributed by atoms with Crippen LogP contribution in [0.25, 0.3) is 0 Å². The molecular formula is C22H20N2O5S. The average Bonchev–Trinajstić information content (AvgIpc) is 3.35. The molecule has 8 heteroatoms. The van der Waals surface area contributed by atoms with E-state index in [1.54, 1.807) is 54.6 Å². The lowest BCUT2D eigenvalue weighted by Gasteiger charge is -2.26. The predicted molar refractivity (Wildman–Crippen MR) is 110 cm³/mol. The maximum atomic E-state index is 13.4. The third-order valence-electron chi connectivity index (χ3n) is 5.00. The van der Waals surface area contributed by atoms with E-state index in [4.69, 9.17) is 4.42 Å². The minimum atomic E-state index is -4.06. The molecule has 2 amide bonds. The van der Waals surface area contributed by atoms with Crippen LogP contribution in [0.15, 0.2) is 82.3 Å². The SMILES string of the molecule is Cc1ccc(N2C(=O)CC(N(Cc3ccco3)S(=O)(=O)c3ccccc3)C2=O)cc1. The standard InChI is InChI=1S/C22H20N2O5S/c1-16-9-11-17(12-10-16)24-21(25)14-20(22(24)26)23(15-18-6-5-13-29-18)30(27,28)19-7-3-2-4-8-19/h2-13,20H,14-15H2,1H3. The van der Waals surface area contributed by atoms with E-state index >= 15 is 0 Å². The van der Waals surface area contributed by atoms with Crippen LogP contribution in [0.3, 0.4) is 0 Å². The number of rotatable bonds is 6. The number of hydrogen-bond acceptors (Lipinski definition) is 5. The van der Waals surface area contributed by atoms with Gasteiger partial charge in [-0.1, -0.05) is 35.9 Å². The molecule has 1 aliphatic heterocycles. The molecule has 1 atom stereocenters. The molecule has 4 rings (SSSR count). The second-order valence-corrected chi connectivity index (χ2v) is 8.96. The molecule has 1 aliphatic rings.